The molecule has 1 aliphatic rings. The third-order valence-electron chi connectivity index (χ3n) is 5.25. The molecule has 7 nitrogen and oxygen atoms in total. The van der Waals surface area contributed by atoms with Crippen LogP contribution in [0, 0.1) is 6.92 Å². The van der Waals surface area contributed by atoms with Gasteiger partial charge in [-0.1, -0.05) is 43.7 Å². The van der Waals surface area contributed by atoms with Gasteiger partial charge in [0.25, 0.3) is 5.91 Å². The lowest BCUT2D eigenvalue weighted by Crippen LogP contribution is -2.51. The van der Waals surface area contributed by atoms with Crippen LogP contribution in [-0.2, 0) is 15.1 Å². The van der Waals surface area contributed by atoms with Gasteiger partial charge in [0.1, 0.15) is 12.1 Å². The first-order valence-corrected chi connectivity index (χ1v) is 8.92. The highest BCUT2D eigenvalue weighted by Gasteiger charge is 2.49. The molecule has 4 amide bonds. The number of hydrogen-bond donors (Lipinski definition) is 3. The first-order valence-electron chi connectivity index (χ1n) is 8.92. The van der Waals surface area contributed by atoms with Gasteiger partial charge in [0.15, 0.2) is 0 Å². The van der Waals surface area contributed by atoms with Crippen molar-refractivity contribution in [1.29, 1.82) is 0 Å². The van der Waals surface area contributed by atoms with Gasteiger partial charge in [-0.05, 0) is 32.3 Å². The summed E-state index contributed by atoms with van der Waals surface area (Å²) in [5.41, 5.74) is 6.25. The van der Waals surface area contributed by atoms with E-state index in [1.54, 1.807) is 6.92 Å². The maximum absolute atomic E-state index is 12.8. The van der Waals surface area contributed by atoms with Crippen molar-refractivity contribution in [2.75, 3.05) is 13.1 Å². The molecule has 0 aliphatic carbocycles. The molecule has 0 spiro atoms. The van der Waals surface area contributed by atoms with Crippen LogP contribution < -0.4 is 16.4 Å². The molecular weight excluding hydrogens is 368 g/mol. The summed E-state index contributed by atoms with van der Waals surface area (Å²) in [4.78, 5) is 38.3. The minimum Gasteiger partial charge on any atom is -0.353 e. The molecule has 1 unspecified atom stereocenters. The number of nitrogens with one attached hydrogen (secondary N) is 2. The maximum atomic E-state index is 12.8. The molecule has 2 rings (SSSR count). The number of halogens is 1. The fourth-order valence-electron chi connectivity index (χ4n) is 2.90. The second kappa shape index (κ2) is 8.71. The van der Waals surface area contributed by atoms with Crippen molar-refractivity contribution >= 4 is 30.3 Å². The minimum absolute atomic E-state index is 0. The number of rotatable bonds is 7. The number of carbonyl (C=O) groups excluding carboxylic acids is 3. The Hall–Kier alpha value is -2.12. The zero-order chi connectivity index (χ0) is 19.5. The maximum Gasteiger partial charge on any atom is 0.325 e. The van der Waals surface area contributed by atoms with Gasteiger partial charge in [0, 0.05) is 12.1 Å². The van der Waals surface area contributed by atoms with Gasteiger partial charge in [-0.25, -0.2) is 4.79 Å². The molecule has 1 saturated heterocycles. The zero-order valence-electron chi connectivity index (χ0n) is 16.3. The van der Waals surface area contributed by atoms with E-state index >= 15 is 0 Å². The van der Waals surface area contributed by atoms with Crippen LogP contribution in [-0.4, -0.2) is 41.4 Å². The minimum atomic E-state index is -1.17. The second-order valence-corrected chi connectivity index (χ2v) is 7.16. The first kappa shape index (κ1) is 22.9. The van der Waals surface area contributed by atoms with E-state index in [9.17, 15) is 14.4 Å². The van der Waals surface area contributed by atoms with E-state index in [1.165, 1.54) is 0 Å². The van der Waals surface area contributed by atoms with E-state index in [2.05, 4.69) is 10.6 Å². The molecule has 8 heteroatoms. The molecule has 1 atom stereocenters. The van der Waals surface area contributed by atoms with Crippen LogP contribution in [0.3, 0.4) is 0 Å². The van der Waals surface area contributed by atoms with E-state index in [0.29, 0.717) is 12.1 Å². The van der Waals surface area contributed by atoms with Crippen molar-refractivity contribution in [3.05, 3.63) is 35.4 Å². The summed E-state index contributed by atoms with van der Waals surface area (Å²) < 4.78 is 0. The highest BCUT2D eigenvalue weighted by Crippen LogP contribution is 2.28. The van der Waals surface area contributed by atoms with Gasteiger partial charge >= 0.3 is 6.03 Å². The third kappa shape index (κ3) is 4.78. The Morgan fingerprint density at radius 2 is 1.78 bits per heavy atom. The molecule has 0 saturated carbocycles. The lowest BCUT2D eigenvalue weighted by atomic mass is 9.91. The second-order valence-electron chi connectivity index (χ2n) is 7.16. The number of imide groups is 1. The smallest absolute Gasteiger partial charge is 0.325 e. The summed E-state index contributed by atoms with van der Waals surface area (Å²) in [6, 6.07) is 6.81. The Bertz CT molecular complexity index is 703. The van der Waals surface area contributed by atoms with E-state index in [-0.39, 0.29) is 19.0 Å². The number of urea groups is 1. The molecule has 1 aliphatic heterocycles. The Morgan fingerprint density at radius 3 is 2.30 bits per heavy atom. The highest BCUT2D eigenvalue weighted by atomic mass is 35.5. The van der Waals surface area contributed by atoms with Crippen molar-refractivity contribution in [3.8, 4) is 0 Å². The Labute approximate surface area is 166 Å². The number of aryl methyl sites for hydroxylation is 1. The molecule has 1 fully saturated rings. The van der Waals surface area contributed by atoms with Crippen molar-refractivity contribution in [1.82, 2.24) is 15.5 Å². The van der Waals surface area contributed by atoms with Crippen molar-refractivity contribution in [2.24, 2.45) is 5.73 Å². The molecule has 1 aromatic carbocycles. The zero-order valence-corrected chi connectivity index (χ0v) is 17.1. The summed E-state index contributed by atoms with van der Waals surface area (Å²) in [6.45, 7) is 7.49. The van der Waals surface area contributed by atoms with Crippen LogP contribution in [0.15, 0.2) is 24.3 Å². The van der Waals surface area contributed by atoms with Crippen molar-refractivity contribution < 1.29 is 14.4 Å². The third-order valence-corrected chi connectivity index (χ3v) is 5.25. The van der Waals surface area contributed by atoms with E-state index < -0.39 is 28.9 Å². The van der Waals surface area contributed by atoms with E-state index in [1.807, 2.05) is 45.0 Å². The Morgan fingerprint density at radius 1 is 1.22 bits per heavy atom. The molecule has 0 radical (unpaired) electrons. The molecule has 4 N–H and O–H groups in total. The first-order chi connectivity index (χ1) is 12.1. The van der Waals surface area contributed by atoms with Crippen LogP contribution in [0.5, 0.6) is 0 Å². The van der Waals surface area contributed by atoms with Gasteiger partial charge in [-0.2, -0.15) is 0 Å². The molecule has 0 aromatic heterocycles. The van der Waals surface area contributed by atoms with Crippen LogP contribution in [0.1, 0.15) is 44.7 Å². The van der Waals surface area contributed by atoms with Gasteiger partial charge < -0.3 is 16.4 Å². The average Bonchev–Trinajstić information content (AvgIpc) is 2.84. The van der Waals surface area contributed by atoms with Crippen LogP contribution >= 0.6 is 12.4 Å². The topological polar surface area (TPSA) is 105 Å². The molecule has 1 heterocycles. The van der Waals surface area contributed by atoms with E-state index in [4.69, 9.17) is 5.73 Å². The summed E-state index contributed by atoms with van der Waals surface area (Å²) in [5.74, 6) is -0.843. The summed E-state index contributed by atoms with van der Waals surface area (Å²) in [7, 11) is 0. The number of nitrogens with two attached hydrogens (primary N) is 1. The highest BCUT2D eigenvalue weighted by molar-refractivity contribution is 6.09. The number of carbonyl (C=O) groups is 3. The largest absolute Gasteiger partial charge is 0.353 e. The molecule has 1 aromatic rings. The normalized spacial score (nSPS) is 19.5. The van der Waals surface area contributed by atoms with Crippen molar-refractivity contribution in [3.63, 3.8) is 0 Å². The standard InChI is InChI=1S/C19H28N4O3.ClH/c1-5-19(20,6-2)12-21-15(24)11-23-16(25)18(4,22-17(23)26)14-9-7-13(3)8-10-14;/h7-10H,5-6,11-12,20H2,1-4H3,(H,21,24)(H,22,26);1H. The predicted molar refractivity (Wildman–Crippen MR) is 107 cm³/mol. The lowest BCUT2D eigenvalue weighted by Gasteiger charge is -2.27. The van der Waals surface area contributed by atoms with Crippen molar-refractivity contribution in [2.45, 2.75) is 51.6 Å². The average molecular weight is 397 g/mol. The predicted octanol–water partition coefficient (Wildman–Crippen LogP) is 1.82. The Kier molecular flexibility index (Phi) is 7.40. The summed E-state index contributed by atoms with van der Waals surface area (Å²) in [5, 5.41) is 5.43. The van der Waals surface area contributed by atoms with E-state index in [0.717, 1.165) is 23.3 Å². The number of nitrogens with zero attached hydrogens (tertiary/aromatic N) is 1. The number of benzene rings is 1. The number of amides is 4. The quantitative estimate of drug-likeness (QED) is 0.611. The molecule has 150 valence electrons. The molecule has 0 bridgehead atoms. The van der Waals surface area contributed by atoms with Crippen LogP contribution in [0.25, 0.3) is 0 Å². The van der Waals surface area contributed by atoms with Gasteiger partial charge in [-0.15, -0.1) is 12.4 Å². The number of hydrogen-bond acceptors (Lipinski definition) is 4. The van der Waals surface area contributed by atoms with Crippen LogP contribution in [0.4, 0.5) is 4.79 Å². The van der Waals surface area contributed by atoms with Gasteiger partial charge in [0.05, 0.1) is 0 Å². The SMILES string of the molecule is CCC(N)(CC)CNC(=O)CN1C(=O)NC(C)(c2ccc(C)cc2)C1=O.Cl. The molecular formula is C19H29ClN4O3. The fraction of sp³-hybridized carbons (Fsp3) is 0.526. The fourth-order valence-corrected chi connectivity index (χ4v) is 2.90. The Balaban J connectivity index is 0.00000364. The monoisotopic (exact) mass is 396 g/mol. The van der Waals surface area contributed by atoms with Gasteiger partial charge in [-0.3, -0.25) is 14.5 Å². The summed E-state index contributed by atoms with van der Waals surface area (Å²) >= 11 is 0. The van der Waals surface area contributed by atoms with Gasteiger partial charge in [0.2, 0.25) is 5.91 Å². The molecule has 27 heavy (non-hydrogen) atoms. The summed E-state index contributed by atoms with van der Waals surface area (Å²) in [6.07, 6.45) is 1.44. The van der Waals surface area contributed by atoms with Crippen LogP contribution in [0.2, 0.25) is 0 Å². The lowest BCUT2D eigenvalue weighted by molar-refractivity contribution is -0.134.